The minimum absolute atomic E-state index is 0.0195. The molecular formula is C25H25F3O7. The van der Waals surface area contributed by atoms with Crippen molar-refractivity contribution in [2.75, 3.05) is 19.8 Å². The van der Waals surface area contributed by atoms with Gasteiger partial charge in [-0.3, -0.25) is 4.79 Å². The molecule has 0 spiro atoms. The number of hydrogen-bond donors (Lipinski definition) is 0. The fourth-order valence-electron chi connectivity index (χ4n) is 3.33. The molecule has 3 rings (SSSR count). The van der Waals surface area contributed by atoms with Crippen LogP contribution in [0.15, 0.2) is 45.6 Å². The normalized spacial score (nSPS) is 12.4. The maximum atomic E-state index is 13.8. The summed E-state index contributed by atoms with van der Waals surface area (Å²) in [5.74, 6) is -3.12. The molecule has 7 nitrogen and oxygen atoms in total. The first-order valence-electron chi connectivity index (χ1n) is 10.8. The van der Waals surface area contributed by atoms with E-state index >= 15 is 0 Å². The van der Waals surface area contributed by atoms with Crippen LogP contribution in [0.25, 0.3) is 11.0 Å². The van der Waals surface area contributed by atoms with Crippen molar-refractivity contribution in [3.63, 3.8) is 0 Å². The van der Waals surface area contributed by atoms with Crippen molar-refractivity contribution in [3.05, 3.63) is 63.5 Å². The number of ether oxygens (including phenoxy) is 4. The minimum Gasteiger partial charge on any atom is -0.479 e. The van der Waals surface area contributed by atoms with Gasteiger partial charge >= 0.3 is 12.1 Å². The monoisotopic (exact) mass is 494 g/mol. The van der Waals surface area contributed by atoms with Crippen LogP contribution in [0.4, 0.5) is 13.2 Å². The van der Waals surface area contributed by atoms with Crippen LogP contribution >= 0.6 is 0 Å². The predicted molar refractivity (Wildman–Crippen MR) is 121 cm³/mol. The maximum absolute atomic E-state index is 13.8. The molecule has 1 aromatic heterocycles. The first-order valence-corrected chi connectivity index (χ1v) is 10.8. The molecule has 0 radical (unpaired) electrons. The van der Waals surface area contributed by atoms with E-state index in [0.717, 1.165) is 17.2 Å². The summed E-state index contributed by atoms with van der Waals surface area (Å²) in [6.45, 7) is 7.46. The predicted octanol–water partition coefficient (Wildman–Crippen LogP) is 5.57. The average molecular weight is 494 g/mol. The molecule has 0 N–H and O–H groups in total. The van der Waals surface area contributed by atoms with Gasteiger partial charge in [0, 0.05) is 12.7 Å². The first-order chi connectivity index (χ1) is 16.5. The van der Waals surface area contributed by atoms with E-state index in [0.29, 0.717) is 6.61 Å². The summed E-state index contributed by atoms with van der Waals surface area (Å²) >= 11 is 0. The van der Waals surface area contributed by atoms with Gasteiger partial charge in [0.1, 0.15) is 23.7 Å². The molecular weight excluding hydrogens is 469 g/mol. The molecule has 0 aliphatic carbocycles. The summed E-state index contributed by atoms with van der Waals surface area (Å²) in [6.07, 6.45) is -6.06. The van der Waals surface area contributed by atoms with Gasteiger partial charge in [-0.25, -0.2) is 4.79 Å². The summed E-state index contributed by atoms with van der Waals surface area (Å²) in [7, 11) is 0. The Morgan fingerprint density at radius 1 is 1.03 bits per heavy atom. The summed E-state index contributed by atoms with van der Waals surface area (Å²) in [5, 5.41) is -0.142. The molecule has 3 aromatic rings. The Morgan fingerprint density at radius 3 is 2.34 bits per heavy atom. The second-order valence-electron chi connectivity index (χ2n) is 7.80. The molecule has 188 valence electrons. The van der Waals surface area contributed by atoms with Crippen molar-refractivity contribution >= 4 is 16.9 Å². The smallest absolute Gasteiger partial charge is 0.453 e. The standard InChI is InChI=1S/C25H25F3O7/c1-5-31-8-9-32-24(30)16(4)33-17-6-7-19-20(13-17)35-23(25(26,27)28)22(21(19)29)34-18-11-14(2)10-15(3)12-18/h6-7,10-13,16H,5,8-9H2,1-4H3/t16-/m1/s1. The van der Waals surface area contributed by atoms with Gasteiger partial charge in [-0.2, -0.15) is 13.2 Å². The topological polar surface area (TPSA) is 84.2 Å². The highest BCUT2D eigenvalue weighted by Gasteiger charge is 2.40. The molecule has 0 fully saturated rings. The number of carbonyl (C=O) groups excluding carboxylic acids is 1. The third-order valence-electron chi connectivity index (χ3n) is 4.82. The Hall–Kier alpha value is -3.53. The molecule has 1 heterocycles. The number of halogens is 3. The van der Waals surface area contributed by atoms with E-state index in [1.54, 1.807) is 20.8 Å². The third kappa shape index (κ3) is 6.54. The van der Waals surface area contributed by atoms with Gasteiger partial charge in [0.25, 0.3) is 5.76 Å². The van der Waals surface area contributed by atoms with Crippen molar-refractivity contribution in [3.8, 4) is 17.2 Å². The van der Waals surface area contributed by atoms with Crippen molar-refractivity contribution in [2.45, 2.75) is 40.0 Å². The highest BCUT2D eigenvalue weighted by atomic mass is 19.4. The summed E-state index contributed by atoms with van der Waals surface area (Å²) < 4.78 is 67.4. The van der Waals surface area contributed by atoms with Crippen LogP contribution in [0, 0.1) is 13.8 Å². The van der Waals surface area contributed by atoms with Gasteiger partial charge in [-0.1, -0.05) is 6.07 Å². The zero-order valence-electron chi connectivity index (χ0n) is 19.7. The lowest BCUT2D eigenvalue weighted by Gasteiger charge is -2.16. The number of alkyl halides is 3. The summed E-state index contributed by atoms with van der Waals surface area (Å²) in [4.78, 5) is 25.0. The van der Waals surface area contributed by atoms with Gasteiger partial charge in [-0.15, -0.1) is 0 Å². The third-order valence-corrected chi connectivity index (χ3v) is 4.82. The molecule has 35 heavy (non-hydrogen) atoms. The Balaban J connectivity index is 1.93. The van der Waals surface area contributed by atoms with E-state index in [-0.39, 0.29) is 35.7 Å². The second kappa shape index (κ2) is 10.8. The Labute approximate surface area is 199 Å². The molecule has 1 atom stereocenters. The molecule has 0 saturated carbocycles. The van der Waals surface area contributed by atoms with Gasteiger partial charge in [0.2, 0.25) is 11.2 Å². The average Bonchev–Trinajstić information content (AvgIpc) is 2.76. The number of benzene rings is 2. The lowest BCUT2D eigenvalue weighted by atomic mass is 10.1. The number of carbonyl (C=O) groups is 1. The lowest BCUT2D eigenvalue weighted by molar-refractivity contribution is -0.154. The second-order valence-corrected chi connectivity index (χ2v) is 7.80. The molecule has 0 aliphatic heterocycles. The van der Waals surface area contributed by atoms with Crippen molar-refractivity contribution in [2.24, 2.45) is 0 Å². The molecule has 0 amide bonds. The Kier molecular flexibility index (Phi) is 8.06. The first kappa shape index (κ1) is 26.1. The molecule has 10 heteroatoms. The molecule has 0 bridgehead atoms. The molecule has 2 aromatic carbocycles. The fraction of sp³-hybridized carbons (Fsp3) is 0.360. The number of hydrogen-bond acceptors (Lipinski definition) is 7. The largest absolute Gasteiger partial charge is 0.479 e. The van der Waals surface area contributed by atoms with E-state index < -0.39 is 35.2 Å². The van der Waals surface area contributed by atoms with Gasteiger partial charge in [0.15, 0.2) is 6.10 Å². The highest BCUT2D eigenvalue weighted by Crippen LogP contribution is 2.39. The van der Waals surface area contributed by atoms with E-state index in [2.05, 4.69) is 0 Å². The Morgan fingerprint density at radius 2 is 1.71 bits per heavy atom. The van der Waals surface area contributed by atoms with E-state index in [1.807, 2.05) is 6.07 Å². The fourth-order valence-corrected chi connectivity index (χ4v) is 3.33. The van der Waals surface area contributed by atoms with Crippen LogP contribution in [0.1, 0.15) is 30.7 Å². The molecule has 0 unspecified atom stereocenters. The number of rotatable bonds is 9. The van der Waals surface area contributed by atoms with Gasteiger partial charge in [0.05, 0.1) is 12.0 Å². The molecule has 0 aliphatic rings. The van der Waals surface area contributed by atoms with E-state index in [9.17, 15) is 22.8 Å². The lowest BCUT2D eigenvalue weighted by Crippen LogP contribution is -2.27. The maximum Gasteiger partial charge on any atom is 0.453 e. The highest BCUT2D eigenvalue weighted by molar-refractivity contribution is 5.80. The number of fused-ring (bicyclic) bond motifs is 1. The number of aryl methyl sites for hydroxylation is 2. The van der Waals surface area contributed by atoms with E-state index in [1.165, 1.54) is 31.2 Å². The van der Waals surface area contributed by atoms with Crippen LogP contribution < -0.4 is 14.9 Å². The van der Waals surface area contributed by atoms with Crippen molar-refractivity contribution in [1.29, 1.82) is 0 Å². The summed E-state index contributed by atoms with van der Waals surface area (Å²) in [6, 6.07) is 8.55. The van der Waals surface area contributed by atoms with Gasteiger partial charge < -0.3 is 23.4 Å². The van der Waals surface area contributed by atoms with Crippen molar-refractivity contribution < 1.29 is 41.3 Å². The van der Waals surface area contributed by atoms with Gasteiger partial charge in [-0.05, 0) is 63.1 Å². The SMILES string of the molecule is CCOCCOC(=O)[C@@H](C)Oc1ccc2c(=O)c(Oc3cc(C)cc(C)c3)c(C(F)(F)F)oc2c1. The van der Waals surface area contributed by atoms with Crippen LogP contribution in [0.3, 0.4) is 0 Å². The number of esters is 1. The van der Waals surface area contributed by atoms with Crippen molar-refractivity contribution in [1.82, 2.24) is 0 Å². The summed E-state index contributed by atoms with van der Waals surface area (Å²) in [5.41, 5.74) is 0.148. The van der Waals surface area contributed by atoms with Crippen LogP contribution in [-0.4, -0.2) is 31.9 Å². The van der Waals surface area contributed by atoms with Crippen LogP contribution in [0.5, 0.6) is 17.2 Å². The zero-order valence-corrected chi connectivity index (χ0v) is 19.7. The van der Waals surface area contributed by atoms with Crippen LogP contribution in [-0.2, 0) is 20.4 Å². The molecule has 0 saturated heterocycles. The quantitative estimate of drug-likeness (QED) is 0.284. The van der Waals surface area contributed by atoms with Crippen LogP contribution in [0.2, 0.25) is 0 Å². The van der Waals surface area contributed by atoms with E-state index in [4.69, 9.17) is 23.4 Å². The Bertz CT molecular complexity index is 1240. The zero-order chi connectivity index (χ0) is 25.8. The minimum atomic E-state index is -5.00.